The van der Waals surface area contributed by atoms with Crippen molar-refractivity contribution in [1.82, 2.24) is 9.47 Å². The van der Waals surface area contributed by atoms with Crippen LogP contribution in [0.3, 0.4) is 0 Å². The van der Waals surface area contributed by atoms with E-state index in [0.717, 1.165) is 28.8 Å². The average molecular weight is 438 g/mol. The molecule has 0 atom stereocenters. The van der Waals surface area contributed by atoms with Gasteiger partial charge in [-0.05, 0) is 61.2 Å². The van der Waals surface area contributed by atoms with Crippen LogP contribution in [0.15, 0.2) is 48.5 Å². The zero-order valence-corrected chi connectivity index (χ0v) is 18.9. The van der Waals surface area contributed by atoms with E-state index in [-0.39, 0.29) is 17.5 Å². The van der Waals surface area contributed by atoms with Crippen molar-refractivity contribution < 1.29 is 13.6 Å². The van der Waals surface area contributed by atoms with Crippen LogP contribution in [0.1, 0.15) is 39.8 Å². The number of nitrogens with zero attached hydrogens (tertiary/aromatic N) is 3. The molecule has 4 rings (SSSR count). The molecule has 6 heteroatoms. The summed E-state index contributed by atoms with van der Waals surface area (Å²) in [7, 11) is 0. The summed E-state index contributed by atoms with van der Waals surface area (Å²) in [5.41, 5.74) is 5.27. The second kappa shape index (κ2) is 9.15. The number of carbonyl (C=O) groups excluding carboxylic acids is 1. The number of amides is 1. The van der Waals surface area contributed by atoms with Crippen molar-refractivity contribution in [2.24, 2.45) is 0 Å². The Labute approximate surface area is 188 Å². The molecule has 0 radical (unpaired) electrons. The number of halogens is 2. The van der Waals surface area contributed by atoms with Crippen LogP contribution in [0.2, 0.25) is 0 Å². The smallest absolute Gasteiger partial charge is 0.270 e. The van der Waals surface area contributed by atoms with E-state index in [4.69, 9.17) is 0 Å². The Morgan fingerprint density at radius 3 is 2.34 bits per heavy atom. The van der Waals surface area contributed by atoms with Crippen LogP contribution in [0.4, 0.5) is 14.5 Å². The van der Waals surface area contributed by atoms with Crippen LogP contribution in [-0.2, 0) is 13.0 Å². The molecule has 2 aromatic carbocycles. The first kappa shape index (κ1) is 22.1. The molecular formula is C26H29F2N3O. The minimum atomic E-state index is -0.281. The molecule has 1 amide bonds. The van der Waals surface area contributed by atoms with Gasteiger partial charge in [0.15, 0.2) is 0 Å². The van der Waals surface area contributed by atoms with Gasteiger partial charge in [-0.15, -0.1) is 0 Å². The summed E-state index contributed by atoms with van der Waals surface area (Å²) in [6.07, 6.45) is 0.829. The normalized spacial score (nSPS) is 14.2. The summed E-state index contributed by atoms with van der Waals surface area (Å²) in [5.74, 6) is -0.540. The van der Waals surface area contributed by atoms with Crippen LogP contribution >= 0.6 is 0 Å². The molecule has 2 heterocycles. The molecule has 1 fully saturated rings. The lowest BCUT2D eigenvalue weighted by atomic mass is 10.1. The maximum Gasteiger partial charge on any atom is 0.270 e. The number of piperazine rings is 1. The van der Waals surface area contributed by atoms with Gasteiger partial charge in [-0.1, -0.05) is 31.2 Å². The van der Waals surface area contributed by atoms with Gasteiger partial charge in [0.05, 0.1) is 5.69 Å². The summed E-state index contributed by atoms with van der Waals surface area (Å²) >= 11 is 0. The molecule has 32 heavy (non-hydrogen) atoms. The summed E-state index contributed by atoms with van der Waals surface area (Å²) in [6.45, 7) is 8.77. The lowest BCUT2D eigenvalue weighted by Gasteiger charge is -2.36. The Bertz CT molecular complexity index is 1130. The number of hydrogen-bond acceptors (Lipinski definition) is 2. The number of carbonyl (C=O) groups is 1. The topological polar surface area (TPSA) is 28.5 Å². The van der Waals surface area contributed by atoms with Crippen LogP contribution in [0, 0.1) is 25.5 Å². The van der Waals surface area contributed by atoms with Crippen LogP contribution in [-0.4, -0.2) is 41.6 Å². The van der Waals surface area contributed by atoms with Crippen molar-refractivity contribution in [3.05, 3.63) is 88.2 Å². The number of anilines is 1. The molecule has 4 nitrogen and oxygen atoms in total. The van der Waals surface area contributed by atoms with E-state index in [1.54, 1.807) is 18.2 Å². The quantitative estimate of drug-likeness (QED) is 0.565. The zero-order valence-electron chi connectivity index (χ0n) is 18.9. The number of rotatable bonds is 5. The van der Waals surface area contributed by atoms with E-state index in [0.29, 0.717) is 44.1 Å². The summed E-state index contributed by atoms with van der Waals surface area (Å²) < 4.78 is 30.0. The molecule has 1 aliphatic rings. The maximum absolute atomic E-state index is 14.2. The largest absolute Gasteiger partial charge is 0.366 e. The third kappa shape index (κ3) is 4.14. The summed E-state index contributed by atoms with van der Waals surface area (Å²) in [4.78, 5) is 17.5. The van der Waals surface area contributed by atoms with Crippen molar-refractivity contribution in [2.75, 3.05) is 31.1 Å². The summed E-state index contributed by atoms with van der Waals surface area (Å²) in [6, 6.07) is 13.3. The molecule has 0 unspecified atom stereocenters. The molecule has 1 saturated heterocycles. The standard InChI is InChI=1S/C26H29F2N3O/c1-4-22-18(2)25(31(19(22)3)17-20-8-7-9-21(27)16-20)26(32)30-14-12-29(13-15-30)24-11-6-5-10-23(24)28/h5-11,16H,4,12-15,17H2,1-3H3. The van der Waals surface area contributed by atoms with E-state index in [2.05, 4.69) is 6.92 Å². The molecular weight excluding hydrogens is 408 g/mol. The van der Waals surface area contributed by atoms with Gasteiger partial charge < -0.3 is 14.4 Å². The lowest BCUT2D eigenvalue weighted by Crippen LogP contribution is -2.49. The van der Waals surface area contributed by atoms with E-state index in [1.165, 1.54) is 18.2 Å². The van der Waals surface area contributed by atoms with Gasteiger partial charge in [-0.2, -0.15) is 0 Å². The molecule has 0 saturated carbocycles. The monoisotopic (exact) mass is 437 g/mol. The second-order valence-electron chi connectivity index (χ2n) is 8.34. The molecule has 0 spiro atoms. The van der Waals surface area contributed by atoms with Crippen molar-refractivity contribution >= 4 is 11.6 Å². The SMILES string of the molecule is CCc1c(C)c(C(=O)N2CCN(c3ccccc3F)CC2)n(Cc2cccc(F)c2)c1C. The first-order valence-electron chi connectivity index (χ1n) is 11.1. The Hall–Kier alpha value is -3.15. The minimum absolute atomic E-state index is 0.0186. The Morgan fingerprint density at radius 1 is 0.969 bits per heavy atom. The first-order valence-corrected chi connectivity index (χ1v) is 11.1. The van der Waals surface area contributed by atoms with Crippen molar-refractivity contribution in [1.29, 1.82) is 0 Å². The highest BCUT2D eigenvalue weighted by Gasteiger charge is 2.29. The first-order chi connectivity index (χ1) is 15.4. The van der Waals surface area contributed by atoms with E-state index >= 15 is 0 Å². The predicted octanol–water partition coefficient (Wildman–Crippen LogP) is 4.96. The van der Waals surface area contributed by atoms with Crippen molar-refractivity contribution in [3.63, 3.8) is 0 Å². The van der Waals surface area contributed by atoms with E-state index < -0.39 is 0 Å². The van der Waals surface area contributed by atoms with Gasteiger partial charge in [0.25, 0.3) is 5.91 Å². The van der Waals surface area contributed by atoms with Gasteiger partial charge in [0, 0.05) is 38.4 Å². The summed E-state index contributed by atoms with van der Waals surface area (Å²) in [5, 5.41) is 0. The maximum atomic E-state index is 14.2. The number of hydrogen-bond donors (Lipinski definition) is 0. The van der Waals surface area contributed by atoms with Gasteiger partial charge >= 0.3 is 0 Å². The fourth-order valence-electron chi connectivity index (χ4n) is 4.77. The number of para-hydroxylation sites is 1. The molecule has 0 N–H and O–H groups in total. The van der Waals surface area contributed by atoms with Crippen molar-refractivity contribution in [3.8, 4) is 0 Å². The highest BCUT2D eigenvalue weighted by Crippen LogP contribution is 2.27. The fraction of sp³-hybridized carbons (Fsp3) is 0.346. The molecule has 0 bridgehead atoms. The van der Waals surface area contributed by atoms with E-state index in [9.17, 15) is 13.6 Å². The molecule has 1 aromatic heterocycles. The van der Waals surface area contributed by atoms with Gasteiger partial charge in [0.2, 0.25) is 0 Å². The average Bonchev–Trinajstić information content (AvgIpc) is 3.02. The highest BCUT2D eigenvalue weighted by atomic mass is 19.1. The lowest BCUT2D eigenvalue weighted by molar-refractivity contribution is 0.0735. The third-order valence-electron chi connectivity index (χ3n) is 6.47. The molecule has 0 aliphatic carbocycles. The zero-order chi connectivity index (χ0) is 22.8. The third-order valence-corrected chi connectivity index (χ3v) is 6.47. The molecule has 1 aliphatic heterocycles. The van der Waals surface area contributed by atoms with Crippen LogP contribution in [0.25, 0.3) is 0 Å². The number of aromatic nitrogens is 1. The predicted molar refractivity (Wildman–Crippen MR) is 123 cm³/mol. The molecule has 168 valence electrons. The Balaban J connectivity index is 1.59. The highest BCUT2D eigenvalue weighted by molar-refractivity contribution is 5.95. The fourth-order valence-corrected chi connectivity index (χ4v) is 4.77. The van der Waals surface area contributed by atoms with Crippen LogP contribution in [0.5, 0.6) is 0 Å². The number of benzene rings is 2. The van der Waals surface area contributed by atoms with Crippen LogP contribution < -0.4 is 4.90 Å². The Kier molecular flexibility index (Phi) is 6.31. The van der Waals surface area contributed by atoms with Gasteiger partial charge in [-0.3, -0.25) is 4.79 Å². The van der Waals surface area contributed by atoms with Gasteiger partial charge in [-0.25, -0.2) is 8.78 Å². The van der Waals surface area contributed by atoms with E-state index in [1.807, 2.05) is 40.3 Å². The second-order valence-corrected chi connectivity index (χ2v) is 8.34. The Morgan fingerprint density at radius 2 is 1.69 bits per heavy atom. The molecule has 3 aromatic rings. The van der Waals surface area contributed by atoms with Crippen molar-refractivity contribution in [2.45, 2.75) is 33.7 Å². The van der Waals surface area contributed by atoms with Gasteiger partial charge in [0.1, 0.15) is 17.3 Å². The minimum Gasteiger partial charge on any atom is -0.366 e.